The molecule has 3 aromatic carbocycles. The molecule has 1 heterocycles. The van der Waals surface area contributed by atoms with Gasteiger partial charge in [-0.05, 0) is 56.2 Å². The number of carbonyl (C=O) groups excluding carboxylic acids is 2. The third kappa shape index (κ3) is 4.42. The maximum absolute atomic E-state index is 14.2. The highest BCUT2D eigenvalue weighted by molar-refractivity contribution is 7.93. The molecule has 0 aromatic heterocycles. The van der Waals surface area contributed by atoms with E-state index in [0.717, 1.165) is 9.87 Å². The van der Waals surface area contributed by atoms with E-state index in [9.17, 15) is 18.0 Å². The van der Waals surface area contributed by atoms with Crippen molar-refractivity contribution < 1.29 is 22.7 Å². The molecule has 188 valence electrons. The SMILES string of the molecule is COc1ccccc1N(C)C(=O)CC1C(=O)Nc2ccccc2N1S(=O)(=O)c1c(C)cc(C)cc1C. The number of hydrogen-bond donors (Lipinski definition) is 1. The van der Waals surface area contributed by atoms with Crippen LogP contribution in [0.15, 0.2) is 65.6 Å². The van der Waals surface area contributed by atoms with Gasteiger partial charge in [0.25, 0.3) is 10.0 Å². The summed E-state index contributed by atoms with van der Waals surface area (Å²) < 4.78 is 34.8. The number of fused-ring (bicyclic) bond motifs is 1. The number of ether oxygens (including phenoxy) is 1. The summed E-state index contributed by atoms with van der Waals surface area (Å²) >= 11 is 0. The van der Waals surface area contributed by atoms with Crippen LogP contribution in [-0.2, 0) is 19.6 Å². The lowest BCUT2D eigenvalue weighted by molar-refractivity contribution is -0.123. The molecule has 0 bridgehead atoms. The molecule has 1 atom stereocenters. The Bertz CT molecular complexity index is 1430. The Morgan fingerprint density at radius 2 is 1.64 bits per heavy atom. The minimum atomic E-state index is -4.21. The van der Waals surface area contributed by atoms with Crippen LogP contribution in [-0.4, -0.2) is 40.4 Å². The molecule has 1 unspecified atom stereocenters. The first kappa shape index (κ1) is 25.2. The van der Waals surface area contributed by atoms with Gasteiger partial charge < -0.3 is 15.0 Å². The lowest BCUT2D eigenvalue weighted by Crippen LogP contribution is -2.53. The zero-order valence-electron chi connectivity index (χ0n) is 20.9. The first-order valence-electron chi connectivity index (χ1n) is 11.5. The van der Waals surface area contributed by atoms with Gasteiger partial charge >= 0.3 is 0 Å². The molecule has 3 aromatic rings. The van der Waals surface area contributed by atoms with Crippen molar-refractivity contribution >= 4 is 38.9 Å². The fraction of sp³-hybridized carbons (Fsp3) is 0.259. The first-order chi connectivity index (χ1) is 17.1. The highest BCUT2D eigenvalue weighted by Gasteiger charge is 2.43. The summed E-state index contributed by atoms with van der Waals surface area (Å²) in [5.41, 5.74) is 3.29. The zero-order chi connectivity index (χ0) is 26.2. The number of carbonyl (C=O) groups is 2. The summed E-state index contributed by atoms with van der Waals surface area (Å²) in [7, 11) is -1.13. The molecule has 0 aliphatic carbocycles. The Kier molecular flexibility index (Phi) is 6.77. The fourth-order valence-corrected chi connectivity index (χ4v) is 6.80. The number of rotatable bonds is 6. The number of aryl methyl sites for hydroxylation is 3. The van der Waals surface area contributed by atoms with E-state index in [1.807, 2.05) is 6.92 Å². The summed E-state index contributed by atoms with van der Waals surface area (Å²) in [4.78, 5) is 28.2. The topological polar surface area (TPSA) is 96.0 Å². The standard InChI is InChI=1S/C27H29N3O5S/c1-17-14-18(2)26(19(3)15-17)36(33,34)30-21-11-7-6-10-20(21)28-27(32)23(30)16-25(31)29(4)22-12-8-9-13-24(22)35-5/h6-15,23H,16H2,1-5H3,(H,28,32). The highest BCUT2D eigenvalue weighted by Crippen LogP contribution is 2.39. The number of nitrogens with zero attached hydrogens (tertiary/aromatic N) is 2. The van der Waals surface area contributed by atoms with Crippen LogP contribution >= 0.6 is 0 Å². The molecule has 1 aliphatic rings. The summed E-state index contributed by atoms with van der Waals surface area (Å²) in [6, 6.07) is 16.0. The largest absolute Gasteiger partial charge is 0.495 e. The van der Waals surface area contributed by atoms with Crippen LogP contribution in [0.5, 0.6) is 5.75 Å². The van der Waals surface area contributed by atoms with Crippen molar-refractivity contribution in [1.82, 2.24) is 0 Å². The predicted octanol–water partition coefficient (Wildman–Crippen LogP) is 4.19. The third-order valence-corrected chi connectivity index (χ3v) is 8.42. The fourth-order valence-electron chi connectivity index (χ4n) is 4.75. The number of amides is 2. The van der Waals surface area contributed by atoms with Gasteiger partial charge in [0.2, 0.25) is 11.8 Å². The molecule has 4 rings (SSSR count). The number of methoxy groups -OCH3 is 1. The van der Waals surface area contributed by atoms with Crippen LogP contribution in [0.3, 0.4) is 0 Å². The van der Waals surface area contributed by atoms with Crippen molar-refractivity contribution in [3.8, 4) is 5.75 Å². The average molecular weight is 508 g/mol. The van der Waals surface area contributed by atoms with Crippen molar-refractivity contribution in [3.63, 3.8) is 0 Å². The van der Waals surface area contributed by atoms with E-state index < -0.39 is 27.9 Å². The van der Waals surface area contributed by atoms with Gasteiger partial charge in [-0.15, -0.1) is 0 Å². The first-order valence-corrected chi connectivity index (χ1v) is 12.9. The minimum Gasteiger partial charge on any atom is -0.495 e. The van der Waals surface area contributed by atoms with Crippen LogP contribution in [0, 0.1) is 20.8 Å². The van der Waals surface area contributed by atoms with Gasteiger partial charge in [-0.2, -0.15) is 0 Å². The quantitative estimate of drug-likeness (QED) is 0.540. The molecule has 2 amide bonds. The highest BCUT2D eigenvalue weighted by atomic mass is 32.2. The van der Waals surface area contributed by atoms with Crippen LogP contribution in [0.25, 0.3) is 0 Å². The molecule has 0 spiro atoms. The molecule has 8 nitrogen and oxygen atoms in total. The second-order valence-electron chi connectivity index (χ2n) is 8.88. The third-order valence-electron chi connectivity index (χ3n) is 6.30. The number of para-hydroxylation sites is 4. The molecule has 0 saturated heterocycles. The van der Waals surface area contributed by atoms with Crippen molar-refractivity contribution in [2.75, 3.05) is 28.7 Å². The Morgan fingerprint density at radius 1 is 1.03 bits per heavy atom. The van der Waals surface area contributed by atoms with E-state index in [-0.39, 0.29) is 11.3 Å². The van der Waals surface area contributed by atoms with Crippen LogP contribution in [0.2, 0.25) is 0 Å². The van der Waals surface area contributed by atoms with Crippen LogP contribution in [0.4, 0.5) is 17.1 Å². The molecule has 0 fully saturated rings. The summed E-state index contributed by atoms with van der Waals surface area (Å²) in [6.45, 7) is 5.37. The van der Waals surface area contributed by atoms with Gasteiger partial charge in [0.1, 0.15) is 11.8 Å². The van der Waals surface area contributed by atoms with E-state index in [4.69, 9.17) is 4.74 Å². The van der Waals surface area contributed by atoms with E-state index in [0.29, 0.717) is 33.9 Å². The Labute approximate surface area is 211 Å². The summed E-state index contributed by atoms with van der Waals surface area (Å²) in [6.07, 6.45) is -0.363. The van der Waals surface area contributed by atoms with Gasteiger partial charge in [0, 0.05) is 7.05 Å². The number of hydrogen-bond acceptors (Lipinski definition) is 5. The van der Waals surface area contributed by atoms with Gasteiger partial charge in [-0.25, -0.2) is 8.42 Å². The summed E-state index contributed by atoms with van der Waals surface area (Å²) in [5, 5.41) is 2.77. The minimum absolute atomic E-state index is 0.133. The average Bonchev–Trinajstić information content (AvgIpc) is 2.82. The van der Waals surface area contributed by atoms with E-state index in [1.54, 1.807) is 81.6 Å². The number of anilines is 3. The van der Waals surface area contributed by atoms with E-state index >= 15 is 0 Å². The monoisotopic (exact) mass is 507 g/mol. The molecule has 0 radical (unpaired) electrons. The molecular formula is C27H29N3O5S. The van der Waals surface area contributed by atoms with Crippen molar-refractivity contribution in [3.05, 3.63) is 77.4 Å². The smallest absolute Gasteiger partial charge is 0.265 e. The second kappa shape index (κ2) is 9.66. The van der Waals surface area contributed by atoms with E-state index in [1.165, 1.54) is 12.0 Å². The van der Waals surface area contributed by atoms with E-state index in [2.05, 4.69) is 5.32 Å². The molecule has 9 heteroatoms. The Hall–Kier alpha value is -3.85. The Balaban J connectivity index is 1.81. The van der Waals surface area contributed by atoms with Gasteiger partial charge in [-0.3, -0.25) is 13.9 Å². The molecule has 1 aliphatic heterocycles. The van der Waals surface area contributed by atoms with Crippen LogP contribution in [0.1, 0.15) is 23.1 Å². The normalized spacial score (nSPS) is 15.2. The van der Waals surface area contributed by atoms with Crippen molar-refractivity contribution in [1.29, 1.82) is 0 Å². The molecule has 36 heavy (non-hydrogen) atoms. The molecule has 0 saturated carbocycles. The molecule has 1 N–H and O–H groups in total. The lowest BCUT2D eigenvalue weighted by atomic mass is 10.1. The lowest BCUT2D eigenvalue weighted by Gasteiger charge is -2.37. The van der Waals surface area contributed by atoms with Crippen molar-refractivity contribution in [2.24, 2.45) is 0 Å². The van der Waals surface area contributed by atoms with Crippen molar-refractivity contribution in [2.45, 2.75) is 38.1 Å². The van der Waals surface area contributed by atoms with Gasteiger partial charge in [0.05, 0.1) is 35.5 Å². The van der Waals surface area contributed by atoms with Gasteiger partial charge in [-0.1, -0.05) is 42.0 Å². The zero-order valence-corrected chi connectivity index (χ0v) is 21.7. The van der Waals surface area contributed by atoms with Gasteiger partial charge in [0.15, 0.2) is 0 Å². The molecular weight excluding hydrogens is 478 g/mol. The summed E-state index contributed by atoms with van der Waals surface area (Å²) in [5.74, 6) is -0.514. The number of sulfonamides is 1. The number of benzene rings is 3. The Morgan fingerprint density at radius 3 is 2.31 bits per heavy atom. The van der Waals surface area contributed by atoms with Crippen LogP contribution < -0.4 is 19.3 Å². The maximum Gasteiger partial charge on any atom is 0.265 e. The second-order valence-corrected chi connectivity index (χ2v) is 10.6. The number of nitrogens with one attached hydrogen (secondary N) is 1. The predicted molar refractivity (Wildman–Crippen MR) is 140 cm³/mol. The maximum atomic E-state index is 14.2.